The van der Waals surface area contributed by atoms with E-state index in [2.05, 4.69) is 0 Å². The Balaban J connectivity index is 2.18. The maximum Gasteiger partial charge on any atom is 0.161 e. The van der Waals surface area contributed by atoms with Gasteiger partial charge in [-0.15, -0.1) is 0 Å². The maximum absolute atomic E-state index is 13.6. The van der Waals surface area contributed by atoms with E-state index in [1.807, 2.05) is 0 Å². The summed E-state index contributed by atoms with van der Waals surface area (Å²) in [5.41, 5.74) is 1.08. The molecular weight excluding hydrogens is 295 g/mol. The molecule has 0 aliphatic carbocycles. The quantitative estimate of drug-likeness (QED) is 0.903. The Kier molecular flexibility index (Phi) is 5.04. The van der Waals surface area contributed by atoms with Crippen molar-refractivity contribution in [3.63, 3.8) is 0 Å². The molecule has 2 rings (SSSR count). The van der Waals surface area contributed by atoms with Crippen molar-refractivity contribution in [1.82, 2.24) is 0 Å². The number of aliphatic hydroxyl groups is 1. The molecule has 0 bridgehead atoms. The van der Waals surface area contributed by atoms with Crippen LogP contribution in [0.1, 0.15) is 24.2 Å². The number of rotatable bonds is 5. The highest BCUT2D eigenvalue weighted by molar-refractivity contribution is 6.30. The molecule has 0 radical (unpaired) electrons. The highest BCUT2D eigenvalue weighted by Gasteiger charge is 2.10. The van der Waals surface area contributed by atoms with E-state index in [4.69, 9.17) is 21.1 Å². The molecule has 0 aliphatic rings. The van der Waals surface area contributed by atoms with Gasteiger partial charge in [0.1, 0.15) is 12.4 Å². The standard InChI is InChI=1S/C16H16ClFO3/c1-10(19)11-3-6-15(16(8-11)20-2)21-9-12-7-13(17)4-5-14(12)18/h3-8,10,19H,9H2,1-2H3/t10-/m0/s1. The number of hydrogen-bond acceptors (Lipinski definition) is 3. The molecule has 0 spiro atoms. The Morgan fingerprint density at radius 1 is 1.19 bits per heavy atom. The molecule has 112 valence electrons. The topological polar surface area (TPSA) is 38.7 Å². The lowest BCUT2D eigenvalue weighted by atomic mass is 10.1. The van der Waals surface area contributed by atoms with Crippen molar-refractivity contribution in [3.05, 3.63) is 58.4 Å². The summed E-state index contributed by atoms with van der Waals surface area (Å²) in [5.74, 6) is 0.580. The van der Waals surface area contributed by atoms with Crippen LogP contribution in [0.5, 0.6) is 11.5 Å². The van der Waals surface area contributed by atoms with Crippen LogP contribution in [0.3, 0.4) is 0 Å². The van der Waals surface area contributed by atoms with Gasteiger partial charge < -0.3 is 14.6 Å². The summed E-state index contributed by atoms with van der Waals surface area (Å²) in [5, 5.41) is 10.00. The van der Waals surface area contributed by atoms with Gasteiger partial charge in [-0.05, 0) is 42.8 Å². The summed E-state index contributed by atoms with van der Waals surface area (Å²) >= 11 is 5.84. The number of halogens is 2. The van der Waals surface area contributed by atoms with Crippen LogP contribution in [0.4, 0.5) is 4.39 Å². The van der Waals surface area contributed by atoms with Gasteiger partial charge in [-0.1, -0.05) is 17.7 Å². The zero-order valence-electron chi connectivity index (χ0n) is 11.8. The molecule has 3 nitrogen and oxygen atoms in total. The summed E-state index contributed by atoms with van der Waals surface area (Å²) in [7, 11) is 1.51. The zero-order chi connectivity index (χ0) is 15.4. The minimum Gasteiger partial charge on any atom is -0.493 e. The Hall–Kier alpha value is -1.78. The first-order valence-corrected chi connectivity index (χ1v) is 6.81. The van der Waals surface area contributed by atoms with E-state index in [0.29, 0.717) is 27.6 Å². The van der Waals surface area contributed by atoms with Gasteiger partial charge >= 0.3 is 0 Å². The molecule has 21 heavy (non-hydrogen) atoms. The van der Waals surface area contributed by atoms with E-state index in [1.165, 1.54) is 25.3 Å². The van der Waals surface area contributed by atoms with Crippen LogP contribution in [-0.2, 0) is 6.61 Å². The molecule has 1 N–H and O–H groups in total. The van der Waals surface area contributed by atoms with Gasteiger partial charge in [-0.25, -0.2) is 4.39 Å². The molecule has 1 atom stereocenters. The molecule has 0 heterocycles. The number of aliphatic hydroxyl groups excluding tert-OH is 1. The minimum atomic E-state index is -0.599. The van der Waals surface area contributed by atoms with Crippen molar-refractivity contribution in [1.29, 1.82) is 0 Å². The lowest BCUT2D eigenvalue weighted by molar-refractivity contribution is 0.198. The van der Waals surface area contributed by atoms with Crippen LogP contribution in [0.2, 0.25) is 5.02 Å². The average Bonchev–Trinajstić information content (AvgIpc) is 2.47. The van der Waals surface area contributed by atoms with Crippen LogP contribution in [-0.4, -0.2) is 12.2 Å². The third kappa shape index (κ3) is 3.86. The van der Waals surface area contributed by atoms with Crippen LogP contribution < -0.4 is 9.47 Å². The molecule has 0 unspecified atom stereocenters. The van der Waals surface area contributed by atoms with Crippen molar-refractivity contribution in [2.45, 2.75) is 19.6 Å². The van der Waals surface area contributed by atoms with Crippen LogP contribution >= 0.6 is 11.6 Å². The summed E-state index contributed by atoms with van der Waals surface area (Å²) in [6.07, 6.45) is -0.599. The van der Waals surface area contributed by atoms with Crippen molar-refractivity contribution in [2.75, 3.05) is 7.11 Å². The lowest BCUT2D eigenvalue weighted by Crippen LogP contribution is -2.01. The molecular formula is C16H16ClFO3. The van der Waals surface area contributed by atoms with Gasteiger partial charge in [0, 0.05) is 10.6 Å². The normalized spacial score (nSPS) is 12.0. The monoisotopic (exact) mass is 310 g/mol. The predicted octanol–water partition coefficient (Wildman–Crippen LogP) is 4.12. The molecule has 2 aromatic rings. The van der Waals surface area contributed by atoms with E-state index >= 15 is 0 Å². The van der Waals surface area contributed by atoms with Crippen LogP contribution in [0.15, 0.2) is 36.4 Å². The SMILES string of the molecule is COc1cc([C@H](C)O)ccc1OCc1cc(Cl)ccc1F. The number of methoxy groups -OCH3 is 1. The summed E-state index contributed by atoms with van der Waals surface area (Å²) in [4.78, 5) is 0. The molecule has 0 saturated heterocycles. The molecule has 0 fully saturated rings. The number of hydrogen-bond donors (Lipinski definition) is 1. The smallest absolute Gasteiger partial charge is 0.161 e. The molecule has 2 aromatic carbocycles. The largest absolute Gasteiger partial charge is 0.493 e. The Morgan fingerprint density at radius 3 is 2.62 bits per heavy atom. The molecule has 0 amide bonds. The second kappa shape index (κ2) is 6.78. The van der Waals surface area contributed by atoms with E-state index in [-0.39, 0.29) is 12.4 Å². The van der Waals surface area contributed by atoms with Gasteiger partial charge in [0.2, 0.25) is 0 Å². The third-order valence-electron chi connectivity index (χ3n) is 3.06. The van der Waals surface area contributed by atoms with Gasteiger partial charge in [0.25, 0.3) is 0 Å². The fourth-order valence-electron chi connectivity index (χ4n) is 1.87. The van der Waals surface area contributed by atoms with E-state index < -0.39 is 6.10 Å². The van der Waals surface area contributed by atoms with E-state index in [0.717, 1.165) is 0 Å². The summed E-state index contributed by atoms with van der Waals surface area (Å²) in [6, 6.07) is 9.41. The number of benzene rings is 2. The summed E-state index contributed by atoms with van der Waals surface area (Å²) in [6.45, 7) is 1.70. The van der Waals surface area contributed by atoms with Crippen molar-refractivity contribution >= 4 is 11.6 Å². The Bertz CT molecular complexity index is 629. The second-order valence-electron chi connectivity index (χ2n) is 4.61. The first-order valence-electron chi connectivity index (χ1n) is 6.44. The molecule has 0 aliphatic heterocycles. The van der Waals surface area contributed by atoms with Crippen LogP contribution in [0.25, 0.3) is 0 Å². The van der Waals surface area contributed by atoms with Crippen molar-refractivity contribution in [3.8, 4) is 11.5 Å². The first-order chi connectivity index (χ1) is 10.0. The second-order valence-corrected chi connectivity index (χ2v) is 5.05. The fraction of sp³-hybridized carbons (Fsp3) is 0.250. The van der Waals surface area contributed by atoms with Gasteiger partial charge in [-0.2, -0.15) is 0 Å². The predicted molar refractivity (Wildman–Crippen MR) is 79.4 cm³/mol. The zero-order valence-corrected chi connectivity index (χ0v) is 12.5. The average molecular weight is 311 g/mol. The van der Waals surface area contributed by atoms with Gasteiger partial charge in [0.15, 0.2) is 11.5 Å². The maximum atomic E-state index is 13.6. The van der Waals surface area contributed by atoms with Crippen molar-refractivity contribution < 1.29 is 19.0 Å². The highest BCUT2D eigenvalue weighted by Crippen LogP contribution is 2.31. The minimum absolute atomic E-state index is 0.0385. The molecule has 0 saturated carbocycles. The number of ether oxygens (including phenoxy) is 2. The van der Waals surface area contributed by atoms with Crippen LogP contribution in [0, 0.1) is 5.82 Å². The van der Waals surface area contributed by atoms with E-state index in [1.54, 1.807) is 25.1 Å². The molecule has 0 aromatic heterocycles. The molecule has 5 heteroatoms. The van der Waals surface area contributed by atoms with Gasteiger partial charge in [0.05, 0.1) is 13.2 Å². The van der Waals surface area contributed by atoms with E-state index in [9.17, 15) is 9.50 Å². The fourth-order valence-corrected chi connectivity index (χ4v) is 2.07. The highest BCUT2D eigenvalue weighted by atomic mass is 35.5. The Morgan fingerprint density at radius 2 is 1.95 bits per heavy atom. The first kappa shape index (κ1) is 15.6. The summed E-state index contributed by atoms with van der Waals surface area (Å²) < 4.78 is 24.4. The van der Waals surface area contributed by atoms with Crippen molar-refractivity contribution in [2.24, 2.45) is 0 Å². The lowest BCUT2D eigenvalue weighted by Gasteiger charge is -2.13. The Labute approximate surface area is 127 Å². The van der Waals surface area contributed by atoms with Gasteiger partial charge in [-0.3, -0.25) is 0 Å². The third-order valence-corrected chi connectivity index (χ3v) is 3.30.